The number of sulfone groups is 1. The molecule has 0 bridgehead atoms. The zero-order valence-corrected chi connectivity index (χ0v) is 14.3. The van der Waals surface area contributed by atoms with Crippen molar-refractivity contribution in [2.75, 3.05) is 12.0 Å². The highest BCUT2D eigenvalue weighted by Gasteiger charge is 2.27. The first kappa shape index (κ1) is 17.9. The molecule has 0 spiro atoms. The Kier molecular flexibility index (Phi) is 5.07. The van der Waals surface area contributed by atoms with Gasteiger partial charge in [-0.3, -0.25) is 0 Å². The van der Waals surface area contributed by atoms with E-state index in [4.69, 9.17) is 5.73 Å². The van der Waals surface area contributed by atoms with Crippen LogP contribution in [0.5, 0.6) is 0 Å². The van der Waals surface area contributed by atoms with Crippen LogP contribution in [0.15, 0.2) is 28.0 Å². The van der Waals surface area contributed by atoms with Crippen LogP contribution < -0.4 is 10.5 Å². The molecular weight excluding hydrogens is 312 g/mol. The molecule has 0 aromatic heterocycles. The largest absolute Gasteiger partial charge is 0.398 e. The van der Waals surface area contributed by atoms with E-state index in [2.05, 4.69) is 4.72 Å². The summed E-state index contributed by atoms with van der Waals surface area (Å²) in [6.45, 7) is 5.49. The molecule has 6 nitrogen and oxygen atoms in total. The topological polar surface area (TPSA) is 106 Å². The number of nitrogens with one attached hydrogen (secondary N) is 1. The molecule has 3 N–H and O–H groups in total. The van der Waals surface area contributed by atoms with Crippen LogP contribution in [0.1, 0.15) is 33.6 Å². The van der Waals surface area contributed by atoms with Crippen LogP contribution in [0.2, 0.25) is 0 Å². The van der Waals surface area contributed by atoms with Crippen molar-refractivity contribution in [1.29, 1.82) is 0 Å². The molecule has 0 aliphatic heterocycles. The maximum absolute atomic E-state index is 12.4. The van der Waals surface area contributed by atoms with Gasteiger partial charge in [-0.2, -0.15) is 0 Å². The minimum atomic E-state index is -3.89. The van der Waals surface area contributed by atoms with Crippen molar-refractivity contribution in [2.24, 2.45) is 0 Å². The van der Waals surface area contributed by atoms with Gasteiger partial charge in [0.2, 0.25) is 10.0 Å². The molecule has 8 heteroatoms. The highest BCUT2D eigenvalue weighted by molar-refractivity contribution is 7.91. The van der Waals surface area contributed by atoms with E-state index in [1.807, 2.05) is 6.92 Å². The quantitative estimate of drug-likeness (QED) is 0.767. The van der Waals surface area contributed by atoms with E-state index in [0.29, 0.717) is 6.42 Å². The van der Waals surface area contributed by atoms with Crippen LogP contribution in [-0.2, 0) is 19.9 Å². The molecule has 0 unspecified atom stereocenters. The van der Waals surface area contributed by atoms with Gasteiger partial charge in [-0.1, -0.05) is 13.3 Å². The molecule has 1 aromatic rings. The lowest BCUT2D eigenvalue weighted by molar-refractivity contribution is 0.418. The monoisotopic (exact) mass is 334 g/mol. The van der Waals surface area contributed by atoms with Gasteiger partial charge in [0.15, 0.2) is 9.84 Å². The fourth-order valence-corrected chi connectivity index (χ4v) is 4.39. The summed E-state index contributed by atoms with van der Waals surface area (Å²) in [7, 11) is -7.40. The number of nitrogens with two attached hydrogens (primary N) is 1. The van der Waals surface area contributed by atoms with Gasteiger partial charge in [0.1, 0.15) is 4.90 Å². The maximum atomic E-state index is 12.4. The number of anilines is 1. The SMILES string of the molecule is CCCC(C)(C)NS(=O)(=O)c1cc(S(C)(=O)=O)ccc1N. The van der Waals surface area contributed by atoms with Gasteiger partial charge in [-0.15, -0.1) is 0 Å². The fraction of sp³-hybridized carbons (Fsp3) is 0.538. The summed E-state index contributed by atoms with van der Waals surface area (Å²) in [6.07, 6.45) is 2.48. The second-order valence-corrected chi connectivity index (χ2v) is 9.38. The first-order valence-electron chi connectivity index (χ1n) is 6.52. The summed E-state index contributed by atoms with van der Waals surface area (Å²) in [5, 5.41) is 0. The molecule has 1 rings (SSSR count). The van der Waals surface area contributed by atoms with Crippen LogP contribution in [0.25, 0.3) is 0 Å². The Labute approximate surface area is 126 Å². The average molecular weight is 334 g/mol. The first-order chi connectivity index (χ1) is 9.39. The van der Waals surface area contributed by atoms with Crippen LogP contribution in [-0.4, -0.2) is 28.6 Å². The van der Waals surface area contributed by atoms with E-state index < -0.39 is 25.4 Å². The van der Waals surface area contributed by atoms with Crippen molar-refractivity contribution < 1.29 is 16.8 Å². The van der Waals surface area contributed by atoms with Crippen molar-refractivity contribution in [1.82, 2.24) is 4.72 Å². The molecule has 120 valence electrons. The third kappa shape index (κ3) is 4.69. The molecule has 0 atom stereocenters. The number of hydrogen-bond acceptors (Lipinski definition) is 5. The van der Waals surface area contributed by atoms with Gasteiger partial charge < -0.3 is 5.73 Å². The Hall–Kier alpha value is -1.12. The molecule has 0 aliphatic carbocycles. The lowest BCUT2D eigenvalue weighted by Gasteiger charge is -2.25. The summed E-state index contributed by atoms with van der Waals surface area (Å²) in [6, 6.07) is 3.67. The van der Waals surface area contributed by atoms with Gasteiger partial charge >= 0.3 is 0 Å². The first-order valence-corrected chi connectivity index (χ1v) is 9.90. The lowest BCUT2D eigenvalue weighted by atomic mass is 10.0. The van der Waals surface area contributed by atoms with Crippen LogP contribution >= 0.6 is 0 Å². The van der Waals surface area contributed by atoms with Crippen LogP contribution in [0.4, 0.5) is 5.69 Å². The Morgan fingerprint density at radius 2 is 1.76 bits per heavy atom. The zero-order valence-electron chi connectivity index (χ0n) is 12.7. The molecule has 0 fully saturated rings. The standard InChI is InChI=1S/C13H22N2O4S2/c1-5-8-13(2,3)15-21(18,19)12-9-10(20(4,16)17)6-7-11(12)14/h6-7,9,15H,5,8,14H2,1-4H3. The highest BCUT2D eigenvalue weighted by atomic mass is 32.2. The molecule has 0 heterocycles. The Balaban J connectivity index is 3.32. The minimum absolute atomic E-state index is 0.0159. The Morgan fingerprint density at radius 1 is 1.19 bits per heavy atom. The second kappa shape index (κ2) is 5.94. The van der Waals surface area contributed by atoms with Gasteiger partial charge in [-0.25, -0.2) is 21.6 Å². The van der Waals surface area contributed by atoms with Crippen molar-refractivity contribution in [2.45, 2.75) is 48.9 Å². The Morgan fingerprint density at radius 3 is 2.24 bits per heavy atom. The van der Waals surface area contributed by atoms with Crippen LogP contribution in [0.3, 0.4) is 0 Å². The summed E-state index contributed by atoms with van der Waals surface area (Å²) in [4.78, 5) is -0.292. The van der Waals surface area contributed by atoms with Crippen LogP contribution in [0, 0.1) is 0 Å². The summed E-state index contributed by atoms with van der Waals surface area (Å²) in [5.74, 6) is 0. The Bertz CT molecular complexity index is 723. The number of rotatable bonds is 6. The molecule has 1 aromatic carbocycles. The van der Waals surface area contributed by atoms with Gasteiger partial charge in [0, 0.05) is 11.8 Å². The summed E-state index contributed by atoms with van der Waals surface area (Å²) < 4.78 is 50.6. The van der Waals surface area contributed by atoms with Gasteiger partial charge in [0.25, 0.3) is 0 Å². The summed E-state index contributed by atoms with van der Waals surface area (Å²) >= 11 is 0. The molecule has 0 saturated carbocycles. The zero-order chi connectivity index (χ0) is 16.5. The maximum Gasteiger partial charge on any atom is 0.243 e. The third-order valence-electron chi connectivity index (χ3n) is 2.99. The lowest BCUT2D eigenvalue weighted by Crippen LogP contribution is -2.43. The average Bonchev–Trinajstić information content (AvgIpc) is 2.25. The molecule has 0 amide bonds. The van der Waals surface area contributed by atoms with E-state index in [-0.39, 0.29) is 15.5 Å². The minimum Gasteiger partial charge on any atom is -0.398 e. The number of hydrogen-bond donors (Lipinski definition) is 2. The van der Waals surface area contributed by atoms with E-state index in [9.17, 15) is 16.8 Å². The number of benzene rings is 1. The number of nitrogen functional groups attached to an aromatic ring is 1. The molecule has 0 radical (unpaired) electrons. The second-order valence-electron chi connectivity index (χ2n) is 5.71. The number of sulfonamides is 1. The smallest absolute Gasteiger partial charge is 0.243 e. The molecular formula is C13H22N2O4S2. The van der Waals surface area contributed by atoms with Crippen molar-refractivity contribution in [3.05, 3.63) is 18.2 Å². The third-order valence-corrected chi connectivity index (χ3v) is 5.85. The molecule has 0 aliphatic rings. The predicted octanol–water partition coefficient (Wildman–Crippen LogP) is 1.53. The van der Waals surface area contributed by atoms with E-state index in [1.165, 1.54) is 12.1 Å². The molecule has 0 saturated heterocycles. The fourth-order valence-electron chi connectivity index (χ4n) is 2.07. The predicted molar refractivity (Wildman–Crippen MR) is 83.3 cm³/mol. The highest BCUT2D eigenvalue weighted by Crippen LogP contribution is 2.24. The summed E-state index contributed by atoms with van der Waals surface area (Å²) in [5.41, 5.74) is 5.08. The van der Waals surface area contributed by atoms with E-state index in [1.54, 1.807) is 13.8 Å². The van der Waals surface area contributed by atoms with Gasteiger partial charge in [0.05, 0.1) is 10.6 Å². The van der Waals surface area contributed by atoms with Crippen molar-refractivity contribution >= 4 is 25.5 Å². The molecule has 21 heavy (non-hydrogen) atoms. The van der Waals surface area contributed by atoms with E-state index >= 15 is 0 Å². The van der Waals surface area contributed by atoms with E-state index in [0.717, 1.165) is 18.7 Å². The normalized spacial score (nSPS) is 13.3. The van der Waals surface area contributed by atoms with Gasteiger partial charge in [-0.05, 0) is 38.5 Å². The van der Waals surface area contributed by atoms with Crippen molar-refractivity contribution in [3.63, 3.8) is 0 Å². The van der Waals surface area contributed by atoms with Crippen molar-refractivity contribution in [3.8, 4) is 0 Å².